The molecule has 1 aliphatic rings. The smallest absolute Gasteiger partial charge is 0.343 e. The van der Waals surface area contributed by atoms with Crippen molar-refractivity contribution >= 4 is 5.97 Å². The molecule has 0 aliphatic carbocycles. The largest absolute Gasteiger partial charge is 0.496 e. The zero-order valence-electron chi connectivity index (χ0n) is 12.4. The monoisotopic (exact) mass is 319 g/mol. The van der Waals surface area contributed by atoms with Crippen LogP contribution in [0.5, 0.6) is 34.8 Å². The van der Waals surface area contributed by atoms with Gasteiger partial charge in [0, 0.05) is 12.1 Å². The van der Waals surface area contributed by atoms with Crippen LogP contribution in [-0.2, 0) is 0 Å². The Morgan fingerprint density at radius 3 is 2.65 bits per heavy atom. The lowest BCUT2D eigenvalue weighted by Gasteiger charge is -2.11. The minimum Gasteiger partial charge on any atom is -0.496 e. The van der Waals surface area contributed by atoms with Crippen LogP contribution in [0.3, 0.4) is 0 Å². The molecule has 0 saturated carbocycles. The van der Waals surface area contributed by atoms with Crippen molar-refractivity contribution in [1.82, 2.24) is 4.98 Å². The van der Waals surface area contributed by atoms with E-state index in [9.17, 15) is 9.90 Å². The maximum Gasteiger partial charge on any atom is 0.343 e. The van der Waals surface area contributed by atoms with Gasteiger partial charge in [0.15, 0.2) is 11.5 Å². The van der Waals surface area contributed by atoms with Gasteiger partial charge in [-0.25, -0.2) is 4.79 Å². The number of benzene rings is 1. The second-order valence-electron chi connectivity index (χ2n) is 4.47. The Morgan fingerprint density at radius 1 is 1.17 bits per heavy atom. The van der Waals surface area contributed by atoms with Crippen LogP contribution >= 0.6 is 0 Å². The van der Waals surface area contributed by atoms with E-state index in [2.05, 4.69) is 4.98 Å². The molecule has 3 rings (SSSR count). The first-order valence-corrected chi connectivity index (χ1v) is 6.56. The number of rotatable bonds is 5. The van der Waals surface area contributed by atoms with Gasteiger partial charge in [-0.15, -0.1) is 0 Å². The Kier molecular flexibility index (Phi) is 3.80. The van der Waals surface area contributed by atoms with E-state index in [1.807, 2.05) is 0 Å². The quantitative estimate of drug-likeness (QED) is 0.897. The van der Waals surface area contributed by atoms with Crippen LogP contribution in [0.4, 0.5) is 0 Å². The summed E-state index contributed by atoms with van der Waals surface area (Å²) >= 11 is 0. The van der Waals surface area contributed by atoms with Gasteiger partial charge in [0.05, 0.1) is 14.2 Å². The molecule has 23 heavy (non-hydrogen) atoms. The number of ether oxygens (including phenoxy) is 5. The first-order valence-electron chi connectivity index (χ1n) is 6.56. The lowest BCUT2D eigenvalue weighted by atomic mass is 10.1. The van der Waals surface area contributed by atoms with Crippen LogP contribution < -0.4 is 23.7 Å². The summed E-state index contributed by atoms with van der Waals surface area (Å²) in [6.45, 7) is -0.0374. The highest BCUT2D eigenvalue weighted by Crippen LogP contribution is 2.42. The first kappa shape index (κ1) is 14.8. The topological polar surface area (TPSA) is 96.3 Å². The molecule has 2 aromatic rings. The zero-order valence-corrected chi connectivity index (χ0v) is 12.4. The van der Waals surface area contributed by atoms with Crippen molar-refractivity contribution in [3.8, 4) is 34.8 Å². The van der Waals surface area contributed by atoms with E-state index in [0.717, 1.165) is 0 Å². The predicted octanol–water partition coefficient (Wildman–Crippen LogP) is 2.32. The molecule has 0 fully saturated rings. The van der Waals surface area contributed by atoms with E-state index >= 15 is 0 Å². The Bertz CT molecular complexity index is 737. The van der Waals surface area contributed by atoms with Gasteiger partial charge in [-0.05, 0) is 12.1 Å². The van der Waals surface area contributed by atoms with E-state index in [-0.39, 0.29) is 35.6 Å². The molecule has 120 valence electrons. The summed E-state index contributed by atoms with van der Waals surface area (Å²) < 4.78 is 26.2. The standard InChI is InChI=1S/C15H13NO7/c1-19-8-5-11(20-2)16-12(6-8)23-9-3-4-10-14(22-7-21-10)13(9)15(17)18/h3-6H,7H2,1-2H3,(H,17,18). The normalized spacial score (nSPS) is 11.9. The summed E-state index contributed by atoms with van der Waals surface area (Å²) in [5, 5.41) is 9.42. The molecule has 0 spiro atoms. The molecule has 0 saturated heterocycles. The van der Waals surface area contributed by atoms with Crippen LogP contribution in [0, 0.1) is 0 Å². The maximum absolute atomic E-state index is 11.5. The molecule has 0 radical (unpaired) electrons. The van der Waals surface area contributed by atoms with Crippen molar-refractivity contribution in [2.75, 3.05) is 21.0 Å². The number of aromatic carboxylic acids is 1. The Hall–Kier alpha value is -3.16. The second-order valence-corrected chi connectivity index (χ2v) is 4.47. The van der Waals surface area contributed by atoms with Gasteiger partial charge in [0.2, 0.25) is 18.6 Å². The van der Waals surface area contributed by atoms with Crippen LogP contribution in [0.1, 0.15) is 10.4 Å². The average Bonchev–Trinajstić information content (AvgIpc) is 3.02. The molecular formula is C15H13NO7. The van der Waals surface area contributed by atoms with Crippen molar-refractivity contribution < 1.29 is 33.6 Å². The molecular weight excluding hydrogens is 306 g/mol. The van der Waals surface area contributed by atoms with Crippen molar-refractivity contribution in [2.24, 2.45) is 0 Å². The number of carboxylic acid groups (broad SMARTS) is 1. The number of nitrogens with zero attached hydrogens (tertiary/aromatic N) is 1. The van der Waals surface area contributed by atoms with Gasteiger partial charge in [0.1, 0.15) is 17.1 Å². The highest BCUT2D eigenvalue weighted by atomic mass is 16.7. The SMILES string of the molecule is COc1cc(OC)nc(Oc2ccc3c(c2C(=O)O)OCO3)c1. The zero-order chi connectivity index (χ0) is 16.4. The summed E-state index contributed by atoms with van der Waals surface area (Å²) in [6.07, 6.45) is 0. The minimum atomic E-state index is -1.20. The molecule has 1 N–H and O–H groups in total. The summed E-state index contributed by atoms with van der Waals surface area (Å²) in [5.41, 5.74) is -0.136. The van der Waals surface area contributed by atoms with Crippen LogP contribution in [-0.4, -0.2) is 37.1 Å². The number of pyridine rings is 1. The van der Waals surface area contributed by atoms with Crippen molar-refractivity contribution in [3.63, 3.8) is 0 Å². The lowest BCUT2D eigenvalue weighted by molar-refractivity contribution is 0.0689. The second kappa shape index (κ2) is 5.91. The fraction of sp³-hybridized carbons (Fsp3) is 0.200. The summed E-state index contributed by atoms with van der Waals surface area (Å²) in [7, 11) is 2.94. The predicted molar refractivity (Wildman–Crippen MR) is 76.9 cm³/mol. The number of methoxy groups -OCH3 is 2. The number of aromatic nitrogens is 1. The molecule has 2 heterocycles. The van der Waals surface area contributed by atoms with Crippen LogP contribution in [0.25, 0.3) is 0 Å². The highest BCUT2D eigenvalue weighted by Gasteiger charge is 2.27. The number of hydrogen-bond acceptors (Lipinski definition) is 7. The molecule has 8 heteroatoms. The number of carboxylic acids is 1. The fourth-order valence-electron chi connectivity index (χ4n) is 2.09. The van der Waals surface area contributed by atoms with Gasteiger partial charge in [0.25, 0.3) is 0 Å². The molecule has 1 aromatic carbocycles. The number of carbonyl (C=O) groups is 1. The van der Waals surface area contributed by atoms with Gasteiger partial charge in [-0.3, -0.25) is 0 Å². The molecule has 0 atom stereocenters. The Balaban J connectivity index is 2.02. The Morgan fingerprint density at radius 2 is 1.96 bits per heavy atom. The highest BCUT2D eigenvalue weighted by molar-refractivity contribution is 5.95. The summed E-state index contributed by atoms with van der Waals surface area (Å²) in [4.78, 5) is 15.6. The summed E-state index contributed by atoms with van der Waals surface area (Å²) in [5.74, 6) is 0.224. The average molecular weight is 319 g/mol. The first-order chi connectivity index (χ1) is 11.1. The third kappa shape index (κ3) is 2.78. The molecule has 1 aliphatic heterocycles. The summed E-state index contributed by atoms with van der Waals surface area (Å²) in [6, 6.07) is 6.13. The van der Waals surface area contributed by atoms with Gasteiger partial charge >= 0.3 is 5.97 Å². The molecule has 0 bridgehead atoms. The van der Waals surface area contributed by atoms with Gasteiger partial charge in [-0.2, -0.15) is 4.98 Å². The fourth-order valence-corrected chi connectivity index (χ4v) is 2.09. The van der Waals surface area contributed by atoms with Gasteiger partial charge < -0.3 is 28.8 Å². The Labute approximate surface area is 131 Å². The van der Waals surface area contributed by atoms with E-state index in [1.165, 1.54) is 26.4 Å². The third-order valence-corrected chi connectivity index (χ3v) is 3.13. The third-order valence-electron chi connectivity index (χ3n) is 3.13. The number of fused-ring (bicyclic) bond motifs is 1. The molecule has 0 amide bonds. The van der Waals surface area contributed by atoms with Gasteiger partial charge in [-0.1, -0.05) is 0 Å². The van der Waals surface area contributed by atoms with Crippen LogP contribution in [0.2, 0.25) is 0 Å². The minimum absolute atomic E-state index is 0.0374. The lowest BCUT2D eigenvalue weighted by Crippen LogP contribution is -2.03. The molecule has 0 unspecified atom stereocenters. The number of hydrogen-bond donors (Lipinski definition) is 1. The maximum atomic E-state index is 11.5. The van der Waals surface area contributed by atoms with Crippen LogP contribution in [0.15, 0.2) is 24.3 Å². The van der Waals surface area contributed by atoms with E-state index in [0.29, 0.717) is 11.5 Å². The molecule has 8 nitrogen and oxygen atoms in total. The molecule has 1 aromatic heterocycles. The van der Waals surface area contributed by atoms with E-state index in [1.54, 1.807) is 12.1 Å². The van der Waals surface area contributed by atoms with E-state index < -0.39 is 5.97 Å². The van der Waals surface area contributed by atoms with E-state index in [4.69, 9.17) is 23.7 Å². The van der Waals surface area contributed by atoms with Crippen molar-refractivity contribution in [2.45, 2.75) is 0 Å². The van der Waals surface area contributed by atoms with Crippen molar-refractivity contribution in [1.29, 1.82) is 0 Å². The van der Waals surface area contributed by atoms with Crippen molar-refractivity contribution in [3.05, 3.63) is 29.8 Å².